The number of rotatable bonds is 3. The predicted octanol–water partition coefficient (Wildman–Crippen LogP) is 4.36. The van der Waals surface area contributed by atoms with Gasteiger partial charge in [0.1, 0.15) is 5.75 Å². The number of nitrogens with one attached hydrogen (secondary N) is 1. The van der Waals surface area contributed by atoms with Gasteiger partial charge in [0.05, 0.1) is 12.8 Å². The van der Waals surface area contributed by atoms with Crippen molar-refractivity contribution in [2.45, 2.75) is 5.16 Å². The second-order valence-electron chi connectivity index (χ2n) is 5.14. The van der Waals surface area contributed by atoms with Crippen LogP contribution in [0.1, 0.15) is 5.56 Å². The average molecular weight is 401 g/mol. The fourth-order valence-corrected chi connectivity index (χ4v) is 3.40. The summed E-state index contributed by atoms with van der Waals surface area (Å²) >= 11 is 5.00. The third kappa shape index (κ3) is 2.81. The zero-order chi connectivity index (χ0) is 16.5. The Hall–Kier alpha value is -2.25. The summed E-state index contributed by atoms with van der Waals surface area (Å²) in [5, 5.41) is 11.4. The minimum absolute atomic E-state index is 0.782. The van der Waals surface area contributed by atoms with E-state index in [9.17, 15) is 0 Å². The molecule has 2 aromatic carbocycles. The van der Waals surface area contributed by atoms with Crippen LogP contribution in [0, 0.1) is 0 Å². The van der Waals surface area contributed by atoms with Gasteiger partial charge in [-0.2, -0.15) is 0 Å². The number of aromatic nitrogens is 3. The lowest BCUT2D eigenvalue weighted by Crippen LogP contribution is -2.18. The molecule has 0 atom stereocenters. The molecule has 0 amide bonds. The summed E-state index contributed by atoms with van der Waals surface area (Å²) in [5.41, 5.74) is 6.46. The van der Waals surface area contributed by atoms with Crippen LogP contribution in [0.5, 0.6) is 5.75 Å². The summed E-state index contributed by atoms with van der Waals surface area (Å²) < 4.78 is 8.16. The molecule has 4 rings (SSSR count). The van der Waals surface area contributed by atoms with Crippen LogP contribution in [0.3, 0.4) is 0 Å². The molecule has 2 heterocycles. The molecule has 0 spiro atoms. The van der Waals surface area contributed by atoms with Crippen LogP contribution in [-0.4, -0.2) is 22.0 Å². The lowest BCUT2D eigenvalue weighted by atomic mass is 10.2. The molecule has 1 N–H and O–H groups in total. The number of hydrogen-bond donors (Lipinski definition) is 1. The number of methoxy groups -OCH3 is 1. The zero-order valence-electron chi connectivity index (χ0n) is 12.7. The van der Waals surface area contributed by atoms with Crippen molar-refractivity contribution in [1.29, 1.82) is 0 Å². The molecule has 1 aliphatic rings. The first-order valence-corrected chi connectivity index (χ1v) is 8.91. The van der Waals surface area contributed by atoms with Crippen molar-refractivity contribution < 1.29 is 4.74 Å². The maximum Gasteiger partial charge on any atom is 0.214 e. The first-order valence-electron chi connectivity index (χ1n) is 7.24. The topological polar surface area (TPSA) is 52.0 Å². The highest BCUT2D eigenvalue weighted by atomic mass is 79.9. The number of nitrogens with zero attached hydrogens (tertiary/aromatic N) is 3. The molecule has 0 saturated carbocycles. The molecule has 120 valence electrons. The molecule has 1 aliphatic heterocycles. The Morgan fingerprint density at radius 1 is 1.00 bits per heavy atom. The molecular weight excluding hydrogens is 388 g/mol. The first kappa shape index (κ1) is 15.3. The number of benzene rings is 2. The van der Waals surface area contributed by atoms with Gasteiger partial charge >= 0.3 is 0 Å². The number of halogens is 1. The SMILES string of the molecule is COc1ccc(C2=CSc3nnc(-c4ccc(Br)cc4)n3N2)cc1. The van der Waals surface area contributed by atoms with Crippen molar-refractivity contribution in [3.8, 4) is 17.1 Å². The van der Waals surface area contributed by atoms with E-state index in [1.807, 2.05) is 58.6 Å². The number of hydrogen-bond acceptors (Lipinski definition) is 5. The van der Waals surface area contributed by atoms with Crippen molar-refractivity contribution >= 4 is 33.4 Å². The van der Waals surface area contributed by atoms with Gasteiger partial charge in [-0.25, -0.2) is 4.68 Å². The largest absolute Gasteiger partial charge is 0.497 e. The Morgan fingerprint density at radius 2 is 1.71 bits per heavy atom. The van der Waals surface area contributed by atoms with Crippen molar-refractivity contribution in [2.24, 2.45) is 0 Å². The quantitative estimate of drug-likeness (QED) is 0.707. The number of fused-ring (bicyclic) bond motifs is 1. The van der Waals surface area contributed by atoms with E-state index in [0.717, 1.165) is 38.0 Å². The second-order valence-corrected chi connectivity index (χ2v) is 6.89. The van der Waals surface area contributed by atoms with Crippen LogP contribution >= 0.6 is 27.7 Å². The van der Waals surface area contributed by atoms with E-state index in [1.54, 1.807) is 18.9 Å². The average Bonchev–Trinajstić information content (AvgIpc) is 3.05. The van der Waals surface area contributed by atoms with E-state index >= 15 is 0 Å². The number of ether oxygens (including phenoxy) is 1. The highest BCUT2D eigenvalue weighted by Gasteiger charge is 2.19. The highest BCUT2D eigenvalue weighted by molar-refractivity contribution is 9.10. The summed E-state index contributed by atoms with van der Waals surface area (Å²) in [7, 11) is 1.66. The molecule has 0 aliphatic carbocycles. The lowest BCUT2D eigenvalue weighted by Gasteiger charge is -2.19. The zero-order valence-corrected chi connectivity index (χ0v) is 15.1. The van der Waals surface area contributed by atoms with E-state index in [1.165, 1.54) is 0 Å². The van der Waals surface area contributed by atoms with Crippen molar-refractivity contribution in [2.75, 3.05) is 12.5 Å². The van der Waals surface area contributed by atoms with Crippen LogP contribution in [0.15, 0.2) is 63.6 Å². The number of thioether (sulfide) groups is 1. The van der Waals surface area contributed by atoms with E-state index in [-0.39, 0.29) is 0 Å². The standard InChI is InChI=1S/C17H13BrN4OS/c1-23-14-8-4-11(5-9-14)15-10-24-17-20-19-16(22(17)21-15)12-2-6-13(18)7-3-12/h2-10,21H,1H3. The molecule has 5 nitrogen and oxygen atoms in total. The molecule has 0 unspecified atom stereocenters. The van der Waals surface area contributed by atoms with Gasteiger partial charge in [-0.15, -0.1) is 10.2 Å². The third-order valence-corrected chi connectivity index (χ3v) is 5.01. The fourth-order valence-electron chi connectivity index (χ4n) is 2.39. The maximum atomic E-state index is 5.21. The summed E-state index contributed by atoms with van der Waals surface area (Å²) in [6.07, 6.45) is 0. The first-order chi connectivity index (χ1) is 11.7. The molecule has 0 bridgehead atoms. The molecule has 3 aromatic rings. The Kier molecular flexibility index (Phi) is 4.03. The summed E-state index contributed by atoms with van der Waals surface area (Å²) in [6.45, 7) is 0. The van der Waals surface area contributed by atoms with Gasteiger partial charge < -0.3 is 4.74 Å². The third-order valence-electron chi connectivity index (χ3n) is 3.65. The van der Waals surface area contributed by atoms with Gasteiger partial charge in [0, 0.05) is 21.0 Å². The van der Waals surface area contributed by atoms with Crippen molar-refractivity contribution in [3.63, 3.8) is 0 Å². The van der Waals surface area contributed by atoms with Crippen LogP contribution in [0.25, 0.3) is 17.1 Å². The van der Waals surface area contributed by atoms with Crippen molar-refractivity contribution in [3.05, 3.63) is 64.0 Å². The van der Waals surface area contributed by atoms with Gasteiger partial charge in [-0.05, 0) is 36.4 Å². The van der Waals surface area contributed by atoms with Gasteiger partial charge in [-0.3, -0.25) is 5.43 Å². The molecular formula is C17H13BrN4OS. The van der Waals surface area contributed by atoms with Gasteiger partial charge in [0.15, 0.2) is 5.82 Å². The van der Waals surface area contributed by atoms with Crippen LogP contribution < -0.4 is 10.2 Å². The van der Waals surface area contributed by atoms with E-state index in [2.05, 4.69) is 31.6 Å². The van der Waals surface area contributed by atoms with E-state index in [0.29, 0.717) is 0 Å². The van der Waals surface area contributed by atoms with Gasteiger partial charge in [0.25, 0.3) is 0 Å². The Labute approximate surface area is 151 Å². The minimum atomic E-state index is 0.782. The van der Waals surface area contributed by atoms with Crippen LogP contribution in [0.2, 0.25) is 0 Å². The van der Waals surface area contributed by atoms with Crippen LogP contribution in [-0.2, 0) is 0 Å². The molecule has 0 saturated heterocycles. The molecule has 0 fully saturated rings. The smallest absolute Gasteiger partial charge is 0.214 e. The summed E-state index contributed by atoms with van der Waals surface area (Å²) in [4.78, 5) is 0. The Bertz CT molecular complexity index is 903. The lowest BCUT2D eigenvalue weighted by molar-refractivity contribution is 0.415. The molecule has 24 heavy (non-hydrogen) atoms. The second kappa shape index (κ2) is 6.33. The summed E-state index contributed by atoms with van der Waals surface area (Å²) in [6, 6.07) is 15.9. The molecule has 0 radical (unpaired) electrons. The van der Waals surface area contributed by atoms with E-state index in [4.69, 9.17) is 4.74 Å². The van der Waals surface area contributed by atoms with Gasteiger partial charge in [-0.1, -0.05) is 39.8 Å². The monoisotopic (exact) mass is 400 g/mol. The maximum absolute atomic E-state index is 5.21. The molecule has 7 heteroatoms. The molecule has 1 aromatic heterocycles. The van der Waals surface area contributed by atoms with Crippen molar-refractivity contribution in [1.82, 2.24) is 14.9 Å². The van der Waals surface area contributed by atoms with Crippen LogP contribution in [0.4, 0.5) is 0 Å². The fraction of sp³-hybridized carbons (Fsp3) is 0.0588. The Morgan fingerprint density at radius 3 is 2.42 bits per heavy atom. The Balaban J connectivity index is 1.66. The minimum Gasteiger partial charge on any atom is -0.497 e. The predicted molar refractivity (Wildman–Crippen MR) is 99.3 cm³/mol. The summed E-state index contributed by atoms with van der Waals surface area (Å²) in [5.74, 6) is 1.62. The highest BCUT2D eigenvalue weighted by Crippen LogP contribution is 2.32. The van der Waals surface area contributed by atoms with E-state index < -0.39 is 0 Å². The van der Waals surface area contributed by atoms with Gasteiger partial charge in [0.2, 0.25) is 5.16 Å². The normalized spacial score (nSPS) is 13.0.